The number of carbonyl (C=O) groups is 1. The lowest BCUT2D eigenvalue weighted by molar-refractivity contribution is -0.114. The van der Waals surface area contributed by atoms with E-state index in [9.17, 15) is 13.2 Å². The van der Waals surface area contributed by atoms with Crippen molar-refractivity contribution in [1.82, 2.24) is 0 Å². The van der Waals surface area contributed by atoms with Crippen LogP contribution in [0.5, 0.6) is 0 Å². The monoisotopic (exact) mass is 252 g/mol. The maximum Gasteiger partial charge on any atom is 0.294 e. The fourth-order valence-electron chi connectivity index (χ4n) is 1.43. The maximum absolute atomic E-state index is 11.2. The van der Waals surface area contributed by atoms with Gasteiger partial charge in [0.1, 0.15) is 0 Å². The summed E-state index contributed by atoms with van der Waals surface area (Å²) in [4.78, 5) is 11.0. The number of benzene rings is 1. The predicted molar refractivity (Wildman–Crippen MR) is 57.9 cm³/mol. The van der Waals surface area contributed by atoms with E-state index in [0.29, 0.717) is 11.1 Å². The molecule has 0 unspecified atom stereocenters. The molecule has 17 heavy (non-hydrogen) atoms. The van der Waals surface area contributed by atoms with Crippen molar-refractivity contribution < 1.29 is 17.8 Å². The smallest absolute Gasteiger partial charge is 0.282 e. The third-order valence-electron chi connectivity index (χ3n) is 2.23. The van der Waals surface area contributed by atoms with Gasteiger partial charge in [0.15, 0.2) is 0 Å². The van der Waals surface area contributed by atoms with Gasteiger partial charge < -0.3 is 0 Å². The Kier molecular flexibility index (Phi) is 2.86. The molecule has 0 aliphatic carbocycles. The lowest BCUT2D eigenvalue weighted by atomic mass is 10.1. The summed E-state index contributed by atoms with van der Waals surface area (Å²) in [6.07, 6.45) is 1.57. The molecule has 1 aromatic carbocycles. The number of nitrogens with zero attached hydrogens (tertiary/aromatic N) is 2. The highest BCUT2D eigenvalue weighted by atomic mass is 32.2. The average Bonchev–Trinajstić information content (AvgIpc) is 2.64. The van der Waals surface area contributed by atoms with E-state index in [1.165, 1.54) is 24.4 Å². The molecule has 0 atom stereocenters. The Morgan fingerprint density at radius 1 is 1.29 bits per heavy atom. The summed E-state index contributed by atoms with van der Waals surface area (Å²) in [5, 5.41) is 6.77. The minimum Gasteiger partial charge on any atom is -0.282 e. The molecule has 1 N–H and O–H groups in total. The van der Waals surface area contributed by atoms with E-state index in [2.05, 4.69) is 10.2 Å². The Labute approximate surface area is 97.4 Å². The number of rotatable bonds is 3. The van der Waals surface area contributed by atoms with Crippen LogP contribution < -0.4 is 0 Å². The SMILES string of the molecule is O=C1N=NC=C1Cc1cccc(S(=O)(=O)O)c1. The van der Waals surface area contributed by atoms with Gasteiger partial charge in [-0.1, -0.05) is 12.1 Å². The molecule has 0 saturated heterocycles. The van der Waals surface area contributed by atoms with Crippen LogP contribution in [0.15, 0.2) is 51.2 Å². The van der Waals surface area contributed by atoms with Crippen molar-refractivity contribution >= 4 is 16.0 Å². The zero-order valence-electron chi connectivity index (χ0n) is 8.57. The third kappa shape index (κ3) is 2.63. The Hall–Kier alpha value is -1.86. The highest BCUT2D eigenvalue weighted by Gasteiger charge is 2.15. The standard InChI is InChI=1S/C10H8N2O4S/c13-10-8(6-11-12-10)4-7-2-1-3-9(5-7)17(14,15)16/h1-3,5-6H,4H2,(H,14,15,16). The minimum absolute atomic E-state index is 0.199. The lowest BCUT2D eigenvalue weighted by Crippen LogP contribution is -2.02. The van der Waals surface area contributed by atoms with E-state index < -0.39 is 16.0 Å². The van der Waals surface area contributed by atoms with Gasteiger partial charge in [0.25, 0.3) is 16.0 Å². The molecule has 1 heterocycles. The second kappa shape index (κ2) is 4.19. The quantitative estimate of drug-likeness (QED) is 0.821. The van der Waals surface area contributed by atoms with Crippen LogP contribution in [0.1, 0.15) is 5.56 Å². The fourth-order valence-corrected chi connectivity index (χ4v) is 1.98. The van der Waals surface area contributed by atoms with Crippen LogP contribution in [0.3, 0.4) is 0 Å². The molecule has 0 fully saturated rings. The average molecular weight is 252 g/mol. The summed E-state index contributed by atoms with van der Waals surface area (Å²) in [5.41, 5.74) is 0.976. The van der Waals surface area contributed by atoms with Gasteiger partial charge in [0.05, 0.1) is 11.1 Å². The van der Waals surface area contributed by atoms with E-state index in [1.54, 1.807) is 6.07 Å². The van der Waals surface area contributed by atoms with Crippen molar-refractivity contribution in [1.29, 1.82) is 0 Å². The maximum atomic E-state index is 11.2. The zero-order valence-corrected chi connectivity index (χ0v) is 9.38. The molecule has 1 aliphatic heterocycles. The molecule has 2 rings (SSSR count). The molecule has 0 spiro atoms. The van der Waals surface area contributed by atoms with Gasteiger partial charge in [0.2, 0.25) is 0 Å². The van der Waals surface area contributed by atoms with Gasteiger partial charge >= 0.3 is 0 Å². The summed E-state index contributed by atoms with van der Waals surface area (Å²) in [6.45, 7) is 0. The molecule has 6 nitrogen and oxygen atoms in total. The molecular weight excluding hydrogens is 244 g/mol. The van der Waals surface area contributed by atoms with Gasteiger partial charge in [-0.05, 0) is 17.7 Å². The van der Waals surface area contributed by atoms with Crippen molar-refractivity contribution in [2.75, 3.05) is 0 Å². The third-order valence-corrected chi connectivity index (χ3v) is 3.08. The molecule has 1 aliphatic rings. The second-order valence-corrected chi connectivity index (χ2v) is 4.90. The van der Waals surface area contributed by atoms with E-state index in [4.69, 9.17) is 4.55 Å². The molecule has 88 valence electrons. The number of azo groups is 1. The van der Waals surface area contributed by atoms with Crippen molar-refractivity contribution in [3.63, 3.8) is 0 Å². The van der Waals surface area contributed by atoms with E-state index in [1.807, 2.05) is 0 Å². The van der Waals surface area contributed by atoms with Crippen molar-refractivity contribution in [2.24, 2.45) is 10.2 Å². The van der Waals surface area contributed by atoms with E-state index in [0.717, 1.165) is 0 Å². The Balaban J connectivity index is 2.27. The largest absolute Gasteiger partial charge is 0.294 e. The molecule has 0 saturated carbocycles. The summed E-state index contributed by atoms with van der Waals surface area (Å²) in [5.74, 6) is -0.428. The zero-order chi connectivity index (χ0) is 12.5. The molecule has 1 aromatic rings. The van der Waals surface area contributed by atoms with Crippen LogP contribution in [0, 0.1) is 0 Å². The first-order chi connectivity index (χ1) is 7.97. The molecular formula is C10H8N2O4S. The van der Waals surface area contributed by atoms with Crippen molar-refractivity contribution in [3.05, 3.63) is 41.6 Å². The lowest BCUT2D eigenvalue weighted by Gasteiger charge is -2.02. The molecule has 0 bridgehead atoms. The fraction of sp³-hybridized carbons (Fsp3) is 0.100. The van der Waals surface area contributed by atoms with Gasteiger partial charge in [-0.3, -0.25) is 9.35 Å². The molecule has 0 aromatic heterocycles. The predicted octanol–water partition coefficient (Wildman–Crippen LogP) is 1.35. The van der Waals surface area contributed by atoms with Crippen molar-refractivity contribution in [3.8, 4) is 0 Å². The van der Waals surface area contributed by atoms with Gasteiger partial charge in [-0.2, -0.15) is 13.5 Å². The highest BCUT2D eigenvalue weighted by molar-refractivity contribution is 7.85. The summed E-state index contributed by atoms with van der Waals surface area (Å²) < 4.78 is 30.7. The van der Waals surface area contributed by atoms with Crippen LogP contribution in [0.2, 0.25) is 0 Å². The van der Waals surface area contributed by atoms with Crippen LogP contribution in [0.25, 0.3) is 0 Å². The minimum atomic E-state index is -4.22. The first kappa shape index (κ1) is 11.6. The van der Waals surface area contributed by atoms with Gasteiger partial charge in [-0.15, -0.1) is 5.11 Å². The van der Waals surface area contributed by atoms with Crippen LogP contribution in [-0.4, -0.2) is 18.9 Å². The van der Waals surface area contributed by atoms with Crippen LogP contribution in [-0.2, 0) is 21.3 Å². The summed E-state index contributed by atoms with van der Waals surface area (Å²) in [7, 11) is -4.22. The van der Waals surface area contributed by atoms with Crippen LogP contribution >= 0.6 is 0 Å². The first-order valence-electron chi connectivity index (χ1n) is 4.67. The molecule has 0 radical (unpaired) electrons. The topological polar surface area (TPSA) is 96.2 Å². The van der Waals surface area contributed by atoms with E-state index >= 15 is 0 Å². The number of hydrogen-bond donors (Lipinski definition) is 1. The number of hydrogen-bond acceptors (Lipinski definition) is 4. The number of amides is 1. The molecule has 1 amide bonds. The Morgan fingerprint density at radius 2 is 2.06 bits per heavy atom. The van der Waals surface area contributed by atoms with Gasteiger partial charge in [-0.25, -0.2) is 0 Å². The first-order valence-corrected chi connectivity index (χ1v) is 6.11. The Morgan fingerprint density at radius 3 is 2.65 bits per heavy atom. The number of carbonyl (C=O) groups excluding carboxylic acids is 1. The summed E-state index contributed by atoms with van der Waals surface area (Å²) in [6, 6.07) is 5.73. The van der Waals surface area contributed by atoms with Gasteiger partial charge in [0, 0.05) is 12.0 Å². The van der Waals surface area contributed by atoms with Crippen LogP contribution in [0.4, 0.5) is 0 Å². The molecule has 7 heteroatoms. The second-order valence-electron chi connectivity index (χ2n) is 3.47. The Bertz CT molecular complexity index is 631. The highest BCUT2D eigenvalue weighted by Crippen LogP contribution is 2.17. The normalized spacial score (nSPS) is 15.1. The summed E-state index contributed by atoms with van der Waals surface area (Å²) >= 11 is 0. The van der Waals surface area contributed by atoms with E-state index in [-0.39, 0.29) is 11.3 Å². The van der Waals surface area contributed by atoms with Crippen molar-refractivity contribution in [2.45, 2.75) is 11.3 Å².